The van der Waals surface area contributed by atoms with Gasteiger partial charge in [0.15, 0.2) is 5.60 Å². The average molecular weight is 1960 g/mol. The zero-order valence-corrected chi connectivity index (χ0v) is 53.9. The maximum absolute atomic E-state index is 13.2. The molecule has 29 heavy (non-hydrogen) atoms. The predicted molar refractivity (Wildman–Crippen MR) is 53.9 cm³/mol. The van der Waals surface area contributed by atoms with Gasteiger partial charge in [0.2, 0.25) is 0 Å². The summed E-state index contributed by atoms with van der Waals surface area (Å²) in [5, 5.41) is 0. The van der Waals surface area contributed by atoms with E-state index in [1.807, 2.05) is 0 Å². The summed E-state index contributed by atoms with van der Waals surface area (Å²) < 4.78 is 103. The van der Waals surface area contributed by atoms with Crippen molar-refractivity contribution >= 4 is 12.9 Å². The molecule has 0 aromatic rings. The molecule has 0 radical (unpaired) electrons. The second-order valence-corrected chi connectivity index (χ2v) is 4.15. The Morgan fingerprint density at radius 3 is 1.45 bits per heavy atom. The maximum atomic E-state index is 13.2. The number of hydrogen-bond donors (Lipinski definition) is 0. The Kier molecular flexibility index (Phi) is 16.3. The summed E-state index contributed by atoms with van der Waals surface area (Å²) in [6.45, 7) is -0.165. The second kappa shape index (κ2) is 11.0. The molecule has 0 spiro atoms. The molecule has 0 atom stereocenters. The van der Waals surface area contributed by atoms with E-state index in [9.17, 15) is 40.3 Å². The van der Waals surface area contributed by atoms with Gasteiger partial charge in [0.05, 0.1) is 0 Å². The summed E-state index contributed by atoms with van der Waals surface area (Å²) in [5.74, 6) is 0. The molecule has 19 heteroatoms. The molecule has 0 aliphatic carbocycles. The molecule has 0 rings (SSSR count). The third-order valence-electron chi connectivity index (χ3n) is 2.19. The molecule has 0 aromatic carbocycles. The minimum Gasteiger partial charge on any atom is -0.625 e. The number of alkyl halides is 7. The standard InChI is InChI=1S/C10H8F7O6.6Rf/c1-7(2,10(16,17)22-4-19)23-5-20-6(8(11,12)13)9(14,15)21-3-18;;;;;;/h5H2,1-2H3;;;;;;/q-3;;;;;;. The van der Waals surface area contributed by atoms with E-state index < -0.39 is 36.9 Å². The van der Waals surface area contributed by atoms with Crippen LogP contribution in [0.1, 0.15) is 13.8 Å². The van der Waals surface area contributed by atoms with Crippen molar-refractivity contribution in [2.45, 2.75) is 37.8 Å². The largest absolute Gasteiger partial charge is 0.625 e. The van der Waals surface area contributed by atoms with E-state index in [1.165, 1.54) is 0 Å². The topological polar surface area (TPSA) is 71.1 Å². The van der Waals surface area contributed by atoms with Crippen LogP contribution in [0, 0.1) is 6.10 Å². The van der Waals surface area contributed by atoms with Crippen LogP contribution in [-0.4, -0.2) is 43.7 Å². The molecule has 0 unspecified atom stereocenters. The zero-order chi connectivity index (χ0) is 18.5. The SMILES string of the molecule is CC(C)(OCO[C-](C(F)(F)F)C(F)(F)O[C-]=O)C(F)(F)O[C-]=O.[Rf].[Rf].[Rf].[Rf].[Rf].[Rf]. The summed E-state index contributed by atoms with van der Waals surface area (Å²) >= 11 is 0. The van der Waals surface area contributed by atoms with Crippen LogP contribution in [0.25, 0.3) is 0 Å². The maximum Gasteiger partial charge on any atom is 0.397 e. The minimum atomic E-state index is -5.82. The Labute approximate surface area is 124 Å². The van der Waals surface area contributed by atoms with Crippen molar-refractivity contribution in [2.24, 2.45) is 0 Å². The molecule has 0 aliphatic heterocycles. The van der Waals surface area contributed by atoms with Gasteiger partial charge in [0.25, 0.3) is 6.11 Å². The summed E-state index contributed by atoms with van der Waals surface area (Å²) in [6, 6.07) is 0. The fraction of sp³-hybridized carbons (Fsp3) is 0.700. The molecule has 0 fully saturated rings. The number of hydrogen-bond acceptors (Lipinski definition) is 6. The fourth-order valence-corrected chi connectivity index (χ4v) is 0.924. The number of ether oxygens (including phenoxy) is 4. The Morgan fingerprint density at radius 1 is 0.759 bits per heavy atom. The van der Waals surface area contributed by atoms with E-state index in [0.29, 0.717) is 20.3 Å². The molecule has 148 valence electrons. The molecule has 0 N–H and O–H groups in total. The Morgan fingerprint density at radius 2 is 1.14 bits per heavy atom. The van der Waals surface area contributed by atoms with Gasteiger partial charge in [-0.15, -0.1) is 0 Å². The zero-order valence-electron chi connectivity index (χ0n) is 15.5. The van der Waals surface area contributed by atoms with E-state index in [-0.39, 0.29) is 6.47 Å². The Bertz CT molecular complexity index is 430. The third-order valence-corrected chi connectivity index (χ3v) is 2.19. The quantitative estimate of drug-likeness (QED) is 0.190. The fourth-order valence-electron chi connectivity index (χ4n) is 0.924. The van der Waals surface area contributed by atoms with Crippen molar-refractivity contribution in [3.05, 3.63) is 6.10 Å². The van der Waals surface area contributed by atoms with Gasteiger partial charge in [-0.25, -0.2) is 13.2 Å². The van der Waals surface area contributed by atoms with Crippen LogP contribution in [0.2, 0.25) is 0 Å². The van der Waals surface area contributed by atoms with E-state index in [4.69, 9.17) is 0 Å². The van der Waals surface area contributed by atoms with Crippen molar-refractivity contribution in [1.82, 2.24) is 0 Å². The van der Waals surface area contributed by atoms with Crippen LogP contribution in [0.4, 0.5) is 30.7 Å². The van der Waals surface area contributed by atoms with Crippen LogP contribution in [-0.2, 0) is 28.5 Å². The summed E-state index contributed by atoms with van der Waals surface area (Å²) in [4.78, 5) is 19.4. The smallest absolute Gasteiger partial charge is 0.397 e. The Balaban J connectivity index is -0.000000161. The van der Waals surface area contributed by atoms with Crippen molar-refractivity contribution < 1.29 is 59.3 Å². The van der Waals surface area contributed by atoms with E-state index in [2.05, 4.69) is 18.9 Å². The van der Waals surface area contributed by atoms with Crippen LogP contribution in [0.3, 0.4) is 0 Å². The number of halogens is 7. The third kappa shape index (κ3) is 8.54. The first-order valence-corrected chi connectivity index (χ1v) is 5.28. The molecular weight excluding hydrogens is 1950 g/mol. The van der Waals surface area contributed by atoms with Crippen molar-refractivity contribution in [3.63, 3.8) is 0 Å². The van der Waals surface area contributed by atoms with Crippen molar-refractivity contribution in [2.75, 3.05) is 6.79 Å². The molecule has 0 heterocycles. The molecule has 0 saturated heterocycles. The molecule has 0 aromatic heterocycles. The second-order valence-electron chi connectivity index (χ2n) is 4.15. The number of rotatable bonds is 10. The van der Waals surface area contributed by atoms with E-state index >= 15 is 0 Å². The first-order valence-electron chi connectivity index (χ1n) is 5.28. The van der Waals surface area contributed by atoms with Crippen LogP contribution in [0.5, 0.6) is 0 Å². The predicted octanol–water partition coefficient (Wildman–Crippen LogP) is 2.20. The minimum absolute atomic E-state index is 0. The normalized spacial score (nSPS) is 11.0. The first kappa shape index (κ1) is 42.9. The molecule has 0 bridgehead atoms. The summed E-state index contributed by atoms with van der Waals surface area (Å²) in [7, 11) is 0. The number of carbonyl (C=O) groups excluding carboxylic acids is 2. The van der Waals surface area contributed by atoms with Gasteiger partial charge >= 0.3 is 12.3 Å². The molecule has 0 aliphatic rings. The van der Waals surface area contributed by atoms with E-state index in [0.717, 1.165) is 0 Å². The van der Waals surface area contributed by atoms with Gasteiger partial charge < -0.3 is 28.5 Å². The molecule has 6 nitrogen and oxygen atoms in total. The van der Waals surface area contributed by atoms with Gasteiger partial charge in [-0.1, -0.05) is 12.9 Å². The first-order chi connectivity index (χ1) is 10.2. The molecular formula is C10H8F7O6Rf6-3. The molecule has 0 saturated carbocycles. The Hall–Kier alpha value is -7.63. The average Bonchev–Trinajstić information content (AvgIpc) is 2.32. The van der Waals surface area contributed by atoms with Gasteiger partial charge in [-0.2, -0.15) is 17.6 Å². The molecule has 0 amide bonds. The van der Waals surface area contributed by atoms with Crippen LogP contribution in [0.15, 0.2) is 0 Å². The van der Waals surface area contributed by atoms with Gasteiger partial charge in [-0.05, 0) is 13.8 Å². The van der Waals surface area contributed by atoms with Gasteiger partial charge in [0.1, 0.15) is 6.79 Å². The van der Waals surface area contributed by atoms with Crippen molar-refractivity contribution in [1.29, 1.82) is 0 Å². The summed E-state index contributed by atoms with van der Waals surface area (Å²) in [5.41, 5.74) is -2.76. The summed E-state index contributed by atoms with van der Waals surface area (Å²) in [6.07, 6.45) is -18.5. The van der Waals surface area contributed by atoms with E-state index in [1.54, 1.807) is 0 Å². The van der Waals surface area contributed by atoms with Crippen molar-refractivity contribution in [3.8, 4) is 0 Å². The van der Waals surface area contributed by atoms with Gasteiger partial charge in [0, 0.05) is 6.10 Å². The van der Waals surface area contributed by atoms with Crippen LogP contribution < -0.4 is 0 Å². The monoisotopic (exact) mass is 1960 g/mol. The van der Waals surface area contributed by atoms with Gasteiger partial charge in [-0.3, -0.25) is 0 Å². The van der Waals surface area contributed by atoms with Crippen LogP contribution >= 0.6 is 0 Å².